The van der Waals surface area contributed by atoms with Crippen molar-refractivity contribution in [2.45, 2.75) is 38.9 Å². The van der Waals surface area contributed by atoms with E-state index < -0.39 is 0 Å². The number of methoxy groups -OCH3 is 1. The number of nitrogens with zero attached hydrogens (tertiary/aromatic N) is 2. The third-order valence-corrected chi connectivity index (χ3v) is 6.96. The Balaban J connectivity index is 1.83. The predicted molar refractivity (Wildman–Crippen MR) is 134 cm³/mol. The van der Waals surface area contributed by atoms with Crippen LogP contribution >= 0.6 is 23.2 Å². The van der Waals surface area contributed by atoms with Crippen LogP contribution in [0.3, 0.4) is 0 Å². The Morgan fingerprint density at radius 2 is 2.03 bits per heavy atom. The van der Waals surface area contributed by atoms with Gasteiger partial charge in [-0.15, -0.1) is 0 Å². The molecule has 0 amide bonds. The topological polar surface area (TPSA) is 27.7 Å². The zero-order chi connectivity index (χ0) is 22.5. The van der Waals surface area contributed by atoms with Crippen LogP contribution in [-0.4, -0.2) is 56.3 Å². The van der Waals surface area contributed by atoms with Gasteiger partial charge in [-0.1, -0.05) is 0 Å². The molecule has 0 aliphatic carbocycles. The fraction of sp³-hybridized carbons (Fsp3) is 0.458. The van der Waals surface area contributed by atoms with Crippen molar-refractivity contribution in [3.8, 4) is 5.75 Å². The minimum absolute atomic E-state index is 0.0203. The number of ether oxygens (including phenoxy) is 1. The van der Waals surface area contributed by atoms with E-state index in [1.807, 2.05) is 30.3 Å². The Kier molecular flexibility index (Phi) is 8.32. The summed E-state index contributed by atoms with van der Waals surface area (Å²) in [6.45, 7) is 7.32. The first-order chi connectivity index (χ1) is 14.8. The van der Waals surface area contributed by atoms with Gasteiger partial charge in [0.1, 0.15) is 0 Å². The molecule has 1 saturated heterocycles. The SMILES string of the molecule is B=C(NC(C)c1cccc(Cl)c1Cl)N(Cc1cccc(OC)c1)C1CCN(C)CC1C. The standard InChI is InChI=1S/C24H32BCl2N3O/c1-16-14-29(3)12-11-22(16)30(15-18-7-5-8-19(13-18)31-4)24(25)28-17(2)20-9-6-10-21(26)23(20)27/h5-10,13,16-17,22,25,28H,11-12,14-15H2,1-4H3. The van der Waals surface area contributed by atoms with Crippen LogP contribution in [0.1, 0.15) is 37.4 Å². The van der Waals surface area contributed by atoms with E-state index in [0.717, 1.165) is 43.1 Å². The first-order valence-corrected chi connectivity index (χ1v) is 11.5. The Hall–Kier alpha value is -1.69. The Morgan fingerprint density at radius 3 is 2.74 bits per heavy atom. The quantitative estimate of drug-likeness (QED) is 0.588. The fourth-order valence-electron chi connectivity index (χ4n) is 4.45. The second kappa shape index (κ2) is 10.8. The molecule has 1 aliphatic rings. The molecule has 166 valence electrons. The van der Waals surface area contributed by atoms with E-state index in [4.69, 9.17) is 27.9 Å². The normalized spacial score (nSPS) is 20.2. The van der Waals surface area contributed by atoms with Gasteiger partial charge in [0, 0.05) is 0 Å². The molecule has 2 aromatic carbocycles. The first-order valence-electron chi connectivity index (χ1n) is 10.8. The van der Waals surface area contributed by atoms with Crippen molar-refractivity contribution in [2.24, 2.45) is 5.92 Å². The van der Waals surface area contributed by atoms with Crippen LogP contribution in [-0.2, 0) is 6.54 Å². The summed E-state index contributed by atoms with van der Waals surface area (Å²) in [5.74, 6) is 1.39. The fourth-order valence-corrected chi connectivity index (χ4v) is 4.92. The average molecular weight is 460 g/mol. The summed E-state index contributed by atoms with van der Waals surface area (Å²) in [6, 6.07) is 14.4. The predicted octanol–water partition coefficient (Wildman–Crippen LogP) is 4.48. The van der Waals surface area contributed by atoms with Crippen LogP contribution in [0.25, 0.3) is 0 Å². The van der Waals surface area contributed by atoms with E-state index in [2.05, 4.69) is 55.6 Å². The second-order valence-electron chi connectivity index (χ2n) is 8.53. The number of hydrogen-bond acceptors (Lipinski definition) is 4. The second-order valence-corrected chi connectivity index (χ2v) is 9.32. The summed E-state index contributed by atoms with van der Waals surface area (Å²) in [6.07, 6.45) is 1.09. The van der Waals surface area contributed by atoms with Crippen molar-refractivity contribution in [2.75, 3.05) is 27.2 Å². The van der Waals surface area contributed by atoms with Crippen LogP contribution in [0, 0.1) is 5.92 Å². The number of hydrogen-bond donors (Lipinski definition) is 1. The molecular weight excluding hydrogens is 428 g/mol. The van der Waals surface area contributed by atoms with Gasteiger partial charge < -0.3 is 0 Å². The molecule has 1 fully saturated rings. The zero-order valence-electron chi connectivity index (χ0n) is 18.9. The van der Waals surface area contributed by atoms with Gasteiger partial charge in [0.2, 0.25) is 0 Å². The van der Waals surface area contributed by atoms with Crippen LogP contribution in [0.2, 0.25) is 10.0 Å². The van der Waals surface area contributed by atoms with Crippen molar-refractivity contribution >= 4 is 36.4 Å². The monoisotopic (exact) mass is 459 g/mol. The average Bonchev–Trinajstić information content (AvgIpc) is 2.74. The molecule has 0 aromatic heterocycles. The number of nitrogens with one attached hydrogen (secondary N) is 1. The summed E-state index contributed by atoms with van der Waals surface area (Å²) in [5, 5.41) is 4.74. The number of piperidine rings is 1. The number of likely N-dealkylation sites (tertiary alicyclic amines) is 1. The molecule has 1 heterocycles. The van der Waals surface area contributed by atoms with Gasteiger partial charge in [-0.3, -0.25) is 0 Å². The Bertz CT molecular complexity index is 910. The van der Waals surface area contributed by atoms with Crippen LogP contribution < -0.4 is 10.1 Å². The number of benzene rings is 2. The van der Waals surface area contributed by atoms with E-state index in [9.17, 15) is 0 Å². The van der Waals surface area contributed by atoms with E-state index >= 15 is 0 Å². The molecule has 7 heteroatoms. The molecule has 3 atom stereocenters. The van der Waals surface area contributed by atoms with Gasteiger partial charge in [0.05, 0.1) is 0 Å². The molecule has 1 N–H and O–H groups in total. The molecular formula is C24H32BCl2N3O. The van der Waals surface area contributed by atoms with Gasteiger partial charge in [-0.2, -0.15) is 0 Å². The van der Waals surface area contributed by atoms with Crippen molar-refractivity contribution < 1.29 is 4.74 Å². The molecule has 0 bridgehead atoms. The molecule has 0 saturated carbocycles. The van der Waals surface area contributed by atoms with Gasteiger partial charge in [-0.25, -0.2) is 0 Å². The summed E-state index contributed by atoms with van der Waals surface area (Å²) in [7, 11) is 8.33. The van der Waals surface area contributed by atoms with Crippen LogP contribution in [0.15, 0.2) is 42.5 Å². The van der Waals surface area contributed by atoms with Crippen molar-refractivity contribution in [3.05, 3.63) is 63.6 Å². The van der Waals surface area contributed by atoms with E-state index in [-0.39, 0.29) is 6.04 Å². The summed E-state index contributed by atoms with van der Waals surface area (Å²) < 4.78 is 5.43. The molecule has 3 rings (SSSR count). The number of halogens is 2. The van der Waals surface area contributed by atoms with Gasteiger partial charge in [0.15, 0.2) is 0 Å². The third kappa shape index (κ3) is 5.97. The summed E-state index contributed by atoms with van der Waals surface area (Å²) in [5.41, 5.74) is 3.06. The summed E-state index contributed by atoms with van der Waals surface area (Å²) in [4.78, 5) is 4.80. The van der Waals surface area contributed by atoms with Crippen LogP contribution in [0.5, 0.6) is 5.75 Å². The van der Waals surface area contributed by atoms with Crippen molar-refractivity contribution in [3.63, 3.8) is 0 Å². The summed E-state index contributed by atoms with van der Waals surface area (Å²) >= 11 is 12.7. The molecule has 0 spiro atoms. The zero-order valence-corrected chi connectivity index (χ0v) is 20.4. The van der Waals surface area contributed by atoms with Crippen molar-refractivity contribution in [1.29, 1.82) is 0 Å². The Morgan fingerprint density at radius 1 is 1.29 bits per heavy atom. The van der Waals surface area contributed by atoms with Crippen molar-refractivity contribution in [1.82, 2.24) is 15.1 Å². The van der Waals surface area contributed by atoms with E-state index in [1.165, 1.54) is 5.56 Å². The molecule has 31 heavy (non-hydrogen) atoms. The maximum absolute atomic E-state index is 6.47. The Labute approximate surface area is 197 Å². The first kappa shape index (κ1) is 24.0. The molecule has 2 aromatic rings. The van der Waals surface area contributed by atoms with E-state index in [1.54, 1.807) is 7.11 Å². The van der Waals surface area contributed by atoms with Gasteiger partial charge >= 0.3 is 198 Å². The van der Waals surface area contributed by atoms with Gasteiger partial charge in [0.25, 0.3) is 0 Å². The molecule has 4 nitrogen and oxygen atoms in total. The third-order valence-electron chi connectivity index (χ3n) is 6.13. The number of rotatable bonds is 8. The minimum atomic E-state index is -0.0203. The molecule has 1 aliphatic heterocycles. The van der Waals surface area contributed by atoms with E-state index in [0.29, 0.717) is 22.0 Å². The maximum atomic E-state index is 6.47. The molecule has 3 unspecified atom stereocenters. The van der Waals surface area contributed by atoms with Gasteiger partial charge in [-0.05, 0) is 0 Å². The molecule has 0 radical (unpaired) electrons. The van der Waals surface area contributed by atoms with Crippen LogP contribution in [0.4, 0.5) is 0 Å².